The maximum Gasteiger partial charge on any atom is 0.344 e. The van der Waals surface area contributed by atoms with Crippen LogP contribution in [0.2, 0.25) is 5.15 Å². The highest BCUT2D eigenvalue weighted by Crippen LogP contribution is 2.39. The number of benzene rings is 1. The normalized spacial score (nSPS) is 11.4. The number of halogens is 1. The topological polar surface area (TPSA) is 139 Å². The number of nitrogens with zero attached hydrogens (tertiary/aromatic N) is 2. The number of phenolic OH excluding ortho intramolecular Hbond substituents is 2. The van der Waals surface area contributed by atoms with Crippen molar-refractivity contribution in [2.75, 3.05) is 0 Å². The first-order valence-electron chi connectivity index (χ1n) is 5.97. The number of carboxylic acids is 1. The van der Waals surface area contributed by atoms with Crippen LogP contribution < -0.4 is 4.18 Å². The summed E-state index contributed by atoms with van der Waals surface area (Å²) in [6, 6.07) is 1.51. The van der Waals surface area contributed by atoms with E-state index in [1.165, 1.54) is 14.0 Å². The van der Waals surface area contributed by atoms with Crippen molar-refractivity contribution in [3.63, 3.8) is 0 Å². The number of aromatic hydroxyl groups is 2. The quantitative estimate of drug-likeness (QED) is 0.545. The molecule has 11 heteroatoms. The second-order valence-electron chi connectivity index (χ2n) is 4.51. The Balaban J connectivity index is 2.56. The van der Waals surface area contributed by atoms with Gasteiger partial charge in [0.15, 0.2) is 16.4 Å². The standard InChI is InChI=1S/C12H11ClN2O7S/c1-5-10(11(13)15(2)14-5)23(20,21)22-8-4-6(12(18)19)3-7(16)9(8)17/h3-4,16-17H,1-2H3,(H,18,19). The SMILES string of the molecule is Cc1nn(C)c(Cl)c1S(=O)(=O)Oc1cc(C(=O)O)cc(O)c1O. The molecule has 23 heavy (non-hydrogen) atoms. The third-order valence-electron chi connectivity index (χ3n) is 2.85. The van der Waals surface area contributed by atoms with E-state index in [-0.39, 0.29) is 10.8 Å². The predicted molar refractivity (Wildman–Crippen MR) is 77.5 cm³/mol. The van der Waals surface area contributed by atoms with Gasteiger partial charge >= 0.3 is 16.1 Å². The second kappa shape index (κ2) is 5.63. The number of aryl methyl sites for hydroxylation is 2. The van der Waals surface area contributed by atoms with Gasteiger partial charge in [-0.15, -0.1) is 0 Å². The smallest absolute Gasteiger partial charge is 0.344 e. The largest absolute Gasteiger partial charge is 0.504 e. The van der Waals surface area contributed by atoms with Gasteiger partial charge in [0.1, 0.15) is 5.15 Å². The Hall–Kier alpha value is -2.46. The van der Waals surface area contributed by atoms with Crippen molar-refractivity contribution in [2.24, 2.45) is 7.05 Å². The van der Waals surface area contributed by atoms with Gasteiger partial charge in [-0.25, -0.2) is 4.79 Å². The molecule has 0 radical (unpaired) electrons. The van der Waals surface area contributed by atoms with Crippen LogP contribution in [0.1, 0.15) is 16.1 Å². The Kier molecular flexibility index (Phi) is 4.14. The van der Waals surface area contributed by atoms with Gasteiger partial charge in [-0.05, 0) is 13.0 Å². The first kappa shape index (κ1) is 16.9. The van der Waals surface area contributed by atoms with E-state index in [4.69, 9.17) is 20.9 Å². The van der Waals surface area contributed by atoms with E-state index >= 15 is 0 Å². The molecule has 124 valence electrons. The maximum absolute atomic E-state index is 12.3. The van der Waals surface area contributed by atoms with Crippen LogP contribution in [0.4, 0.5) is 0 Å². The predicted octanol–water partition coefficient (Wildman–Crippen LogP) is 1.26. The molecule has 1 aromatic heterocycles. The van der Waals surface area contributed by atoms with E-state index in [0.29, 0.717) is 0 Å². The molecule has 0 atom stereocenters. The summed E-state index contributed by atoms with van der Waals surface area (Å²) in [5.74, 6) is -3.96. The van der Waals surface area contributed by atoms with Crippen LogP contribution in [-0.2, 0) is 17.2 Å². The third kappa shape index (κ3) is 3.03. The zero-order valence-corrected chi connectivity index (χ0v) is 13.4. The molecule has 0 bridgehead atoms. The number of aromatic carboxylic acids is 1. The first-order chi connectivity index (χ1) is 10.5. The molecule has 3 N–H and O–H groups in total. The fourth-order valence-electron chi connectivity index (χ4n) is 1.83. The van der Waals surface area contributed by atoms with E-state index in [1.807, 2.05) is 0 Å². The Morgan fingerprint density at radius 2 is 1.96 bits per heavy atom. The third-order valence-corrected chi connectivity index (χ3v) is 4.78. The summed E-state index contributed by atoms with van der Waals surface area (Å²) >= 11 is 5.85. The van der Waals surface area contributed by atoms with E-state index < -0.39 is 43.8 Å². The van der Waals surface area contributed by atoms with Gasteiger partial charge in [-0.1, -0.05) is 11.6 Å². The number of phenols is 2. The fourth-order valence-corrected chi connectivity index (χ4v) is 3.48. The minimum Gasteiger partial charge on any atom is -0.504 e. The molecule has 0 aliphatic heterocycles. The minimum atomic E-state index is -4.51. The van der Waals surface area contributed by atoms with Crippen molar-refractivity contribution >= 4 is 27.7 Å². The molecule has 1 heterocycles. The Bertz CT molecular complexity index is 905. The van der Waals surface area contributed by atoms with Crippen LogP contribution in [0.3, 0.4) is 0 Å². The van der Waals surface area contributed by atoms with Crippen LogP contribution in [0.25, 0.3) is 0 Å². The minimum absolute atomic E-state index is 0.0515. The van der Waals surface area contributed by atoms with E-state index in [1.54, 1.807) is 0 Å². The van der Waals surface area contributed by atoms with Gasteiger partial charge in [0.2, 0.25) is 5.75 Å². The summed E-state index contributed by atoms with van der Waals surface area (Å²) in [6.45, 7) is 1.38. The number of hydrogen-bond acceptors (Lipinski definition) is 7. The summed E-state index contributed by atoms with van der Waals surface area (Å²) in [6.07, 6.45) is 0. The molecule has 0 aliphatic carbocycles. The molecule has 0 saturated heterocycles. The van der Waals surface area contributed by atoms with Crippen LogP contribution in [0.15, 0.2) is 17.0 Å². The zero-order valence-electron chi connectivity index (χ0n) is 11.8. The molecule has 0 saturated carbocycles. The molecule has 2 aromatic rings. The van der Waals surface area contributed by atoms with E-state index in [0.717, 1.165) is 16.8 Å². The average molecular weight is 363 g/mol. The number of carbonyl (C=O) groups is 1. The molecule has 1 aromatic carbocycles. The monoisotopic (exact) mass is 362 g/mol. The lowest BCUT2D eigenvalue weighted by molar-refractivity contribution is 0.0696. The number of carboxylic acid groups (broad SMARTS) is 1. The van der Waals surface area contributed by atoms with Crippen molar-refractivity contribution < 1.29 is 32.7 Å². The Morgan fingerprint density at radius 1 is 1.35 bits per heavy atom. The summed E-state index contributed by atoms with van der Waals surface area (Å²) in [4.78, 5) is 10.5. The van der Waals surface area contributed by atoms with Gasteiger partial charge in [-0.2, -0.15) is 13.5 Å². The molecule has 0 spiro atoms. The average Bonchev–Trinajstić information content (AvgIpc) is 2.68. The van der Waals surface area contributed by atoms with Crippen LogP contribution >= 0.6 is 11.6 Å². The Labute approximate surface area is 135 Å². The number of rotatable bonds is 4. The highest BCUT2D eigenvalue weighted by molar-refractivity contribution is 7.87. The van der Waals surface area contributed by atoms with E-state index in [2.05, 4.69) is 5.10 Å². The number of aromatic nitrogens is 2. The molecule has 0 amide bonds. The highest BCUT2D eigenvalue weighted by Gasteiger charge is 2.29. The van der Waals surface area contributed by atoms with Crippen molar-refractivity contribution in [1.82, 2.24) is 9.78 Å². The van der Waals surface area contributed by atoms with Gasteiger partial charge in [0.25, 0.3) is 0 Å². The number of hydrogen-bond donors (Lipinski definition) is 3. The van der Waals surface area contributed by atoms with Gasteiger partial charge in [-0.3, -0.25) is 4.68 Å². The van der Waals surface area contributed by atoms with E-state index in [9.17, 15) is 23.4 Å². The van der Waals surface area contributed by atoms with Crippen molar-refractivity contribution in [1.29, 1.82) is 0 Å². The van der Waals surface area contributed by atoms with Crippen molar-refractivity contribution in [3.8, 4) is 17.2 Å². The van der Waals surface area contributed by atoms with Crippen LogP contribution in [-0.4, -0.2) is 39.5 Å². The summed E-state index contributed by atoms with van der Waals surface area (Å²) in [5.41, 5.74) is -0.421. The summed E-state index contributed by atoms with van der Waals surface area (Å²) < 4.78 is 30.4. The molecular weight excluding hydrogens is 352 g/mol. The maximum atomic E-state index is 12.3. The lowest BCUT2D eigenvalue weighted by Gasteiger charge is -2.10. The lowest BCUT2D eigenvalue weighted by atomic mass is 10.2. The zero-order chi connectivity index (χ0) is 17.5. The summed E-state index contributed by atoms with van der Waals surface area (Å²) in [7, 11) is -3.10. The van der Waals surface area contributed by atoms with Crippen LogP contribution in [0.5, 0.6) is 17.2 Å². The second-order valence-corrected chi connectivity index (χ2v) is 6.35. The highest BCUT2D eigenvalue weighted by atomic mass is 35.5. The molecule has 0 fully saturated rings. The van der Waals surface area contributed by atoms with Gasteiger partial charge in [0.05, 0.1) is 11.3 Å². The van der Waals surface area contributed by atoms with Crippen LogP contribution in [0, 0.1) is 6.92 Å². The molecule has 2 rings (SSSR count). The first-order valence-corrected chi connectivity index (χ1v) is 7.76. The van der Waals surface area contributed by atoms with Crippen molar-refractivity contribution in [3.05, 3.63) is 28.5 Å². The fraction of sp³-hybridized carbons (Fsp3) is 0.167. The van der Waals surface area contributed by atoms with Gasteiger partial charge in [0, 0.05) is 13.1 Å². The van der Waals surface area contributed by atoms with Gasteiger partial charge < -0.3 is 19.5 Å². The molecule has 9 nitrogen and oxygen atoms in total. The molecular formula is C12H11ClN2O7S. The molecule has 0 aliphatic rings. The van der Waals surface area contributed by atoms with Crippen molar-refractivity contribution in [2.45, 2.75) is 11.8 Å². The Morgan fingerprint density at radius 3 is 2.43 bits per heavy atom. The summed E-state index contributed by atoms with van der Waals surface area (Å²) in [5, 5.41) is 31.7. The molecule has 0 unspecified atom stereocenters. The lowest BCUT2D eigenvalue weighted by Crippen LogP contribution is -2.12.